The van der Waals surface area contributed by atoms with E-state index >= 15 is 0 Å². The number of halogens is 2. The van der Waals surface area contributed by atoms with Crippen molar-refractivity contribution >= 4 is 50.1 Å². The van der Waals surface area contributed by atoms with Crippen molar-refractivity contribution in [1.29, 1.82) is 0 Å². The summed E-state index contributed by atoms with van der Waals surface area (Å²) in [5.74, 6) is -4.52. The highest BCUT2D eigenvalue weighted by atomic mass is 79.9. The summed E-state index contributed by atoms with van der Waals surface area (Å²) in [5.41, 5.74) is -0.247. The maximum atomic E-state index is 9.77. The molecule has 4 atom stereocenters. The van der Waals surface area contributed by atoms with Crippen LogP contribution < -0.4 is 0 Å². The predicted octanol–water partition coefficient (Wildman–Crippen LogP) is -0.454. The third-order valence-electron chi connectivity index (χ3n) is 2.34. The SMILES string of the molecule is C=CC(=O)O.CC(C)(CO)C(Br)OBr.CC(O)CO.O=C(O)C(O)C(O)C(=O)O. The molecule has 0 aromatic carbocycles. The second-order valence-corrected chi connectivity index (χ2v) is 6.90. The molecule has 0 aliphatic rings. The normalized spacial score (nSPS) is 14.0. The number of hydrogen-bond donors (Lipinski definition) is 8. The van der Waals surface area contributed by atoms with Crippen LogP contribution in [0.1, 0.15) is 20.8 Å². The molecule has 14 heteroatoms. The molecule has 174 valence electrons. The summed E-state index contributed by atoms with van der Waals surface area (Å²) in [6.07, 6.45) is -4.26. The van der Waals surface area contributed by atoms with Crippen molar-refractivity contribution in [1.82, 2.24) is 0 Å². The third-order valence-corrected chi connectivity index (χ3v) is 4.65. The Morgan fingerprint density at radius 1 is 1.03 bits per heavy atom. The molecule has 4 unspecified atom stereocenters. The molecule has 0 heterocycles. The molecule has 0 saturated heterocycles. The quantitative estimate of drug-likeness (QED) is 0.140. The number of carbonyl (C=O) groups is 3. The zero-order valence-electron chi connectivity index (χ0n) is 16.0. The highest BCUT2D eigenvalue weighted by molar-refractivity contribution is 9.10. The van der Waals surface area contributed by atoms with Gasteiger partial charge in [-0.15, -0.1) is 0 Å². The number of rotatable bonds is 8. The fraction of sp³-hybridized carbons (Fsp3) is 0.667. The van der Waals surface area contributed by atoms with Gasteiger partial charge in [0.05, 0.1) is 35.6 Å². The lowest BCUT2D eigenvalue weighted by Gasteiger charge is -2.24. The first kappa shape index (κ1) is 35.3. The summed E-state index contributed by atoms with van der Waals surface area (Å²) < 4.78 is 4.78. The molecule has 0 amide bonds. The van der Waals surface area contributed by atoms with Gasteiger partial charge in [0.15, 0.2) is 12.2 Å². The lowest BCUT2D eigenvalue weighted by molar-refractivity contribution is -0.165. The molecule has 0 bridgehead atoms. The van der Waals surface area contributed by atoms with Gasteiger partial charge in [-0.2, -0.15) is 0 Å². The van der Waals surface area contributed by atoms with E-state index in [0.29, 0.717) is 0 Å². The summed E-state index contributed by atoms with van der Waals surface area (Å²) in [6, 6.07) is 0. The van der Waals surface area contributed by atoms with Crippen molar-refractivity contribution in [3.05, 3.63) is 12.7 Å². The number of alkyl halides is 1. The molecule has 8 N–H and O–H groups in total. The van der Waals surface area contributed by atoms with Crippen LogP contribution in [-0.2, 0) is 18.2 Å². The summed E-state index contributed by atoms with van der Waals surface area (Å²) in [6.45, 7) is 8.23. The predicted molar refractivity (Wildman–Crippen MR) is 107 cm³/mol. The van der Waals surface area contributed by atoms with Gasteiger partial charge in [0.25, 0.3) is 0 Å². The van der Waals surface area contributed by atoms with Crippen LogP contribution in [0.3, 0.4) is 0 Å². The summed E-state index contributed by atoms with van der Waals surface area (Å²) in [4.78, 5) is 28.8. The molecule has 0 aliphatic heterocycles. The van der Waals surface area contributed by atoms with Gasteiger partial charge in [-0.05, 0) is 6.92 Å². The lowest BCUT2D eigenvalue weighted by atomic mass is 9.97. The summed E-state index contributed by atoms with van der Waals surface area (Å²) in [7, 11) is 0. The van der Waals surface area contributed by atoms with Gasteiger partial charge in [-0.3, -0.25) is 3.83 Å². The van der Waals surface area contributed by atoms with Gasteiger partial charge in [-0.25, -0.2) is 14.4 Å². The molecule has 0 saturated carbocycles. The monoisotopic (exact) mass is 558 g/mol. The van der Waals surface area contributed by atoms with E-state index in [1.165, 1.54) is 6.92 Å². The Kier molecular flexibility index (Phi) is 24.5. The second kappa shape index (κ2) is 20.2. The van der Waals surface area contributed by atoms with Gasteiger partial charge in [0.1, 0.15) is 5.01 Å². The zero-order valence-corrected chi connectivity index (χ0v) is 19.1. The highest BCUT2D eigenvalue weighted by Gasteiger charge is 2.29. The Morgan fingerprint density at radius 2 is 1.31 bits per heavy atom. The lowest BCUT2D eigenvalue weighted by Crippen LogP contribution is -2.39. The molecular weight excluding hydrogens is 532 g/mol. The maximum Gasteiger partial charge on any atom is 0.335 e. The standard InChI is InChI=1S/C5H10Br2O2.C4H6O6.C3H8O2.C3H4O2/c1-5(2,3-8)4(6)9-7;5-1(3(7)8)2(6)4(9)10;1-3(5)2-4;1-2-3(4)5/h4,8H,3H2,1-2H3;1-2,5-6H,(H,7,8)(H,9,10);3-5H,2H2,1H3;2H,1H2,(H,4,5). The Labute approximate surface area is 184 Å². The van der Waals surface area contributed by atoms with Gasteiger partial charge in [0, 0.05) is 11.5 Å². The van der Waals surface area contributed by atoms with E-state index in [1.54, 1.807) is 0 Å². The molecular formula is C15H28Br2O12. The van der Waals surface area contributed by atoms with Crippen LogP contribution in [-0.4, -0.2) is 95.3 Å². The maximum absolute atomic E-state index is 9.77. The number of aliphatic hydroxyl groups excluding tert-OH is 5. The highest BCUT2D eigenvalue weighted by Crippen LogP contribution is 2.28. The largest absolute Gasteiger partial charge is 0.479 e. The summed E-state index contributed by atoms with van der Waals surface area (Å²) in [5, 5.41) is 64.7. The van der Waals surface area contributed by atoms with Gasteiger partial charge < -0.3 is 40.9 Å². The van der Waals surface area contributed by atoms with E-state index in [0.717, 1.165) is 6.08 Å². The molecule has 0 aromatic rings. The minimum atomic E-state index is -2.27. The van der Waals surface area contributed by atoms with Crippen LogP contribution in [0, 0.1) is 5.41 Å². The molecule has 0 aromatic heterocycles. The topological polar surface area (TPSA) is 222 Å². The number of aliphatic hydroxyl groups is 5. The van der Waals surface area contributed by atoms with Crippen LogP contribution in [0.2, 0.25) is 0 Å². The second-order valence-electron chi connectivity index (χ2n) is 5.69. The van der Waals surface area contributed by atoms with Crippen LogP contribution >= 0.6 is 32.2 Å². The average molecular weight is 560 g/mol. The molecule has 29 heavy (non-hydrogen) atoms. The Morgan fingerprint density at radius 3 is 1.38 bits per heavy atom. The fourth-order valence-corrected chi connectivity index (χ4v) is 1.11. The van der Waals surface area contributed by atoms with Crippen molar-refractivity contribution in [2.24, 2.45) is 5.41 Å². The van der Waals surface area contributed by atoms with Crippen molar-refractivity contribution < 1.29 is 59.1 Å². The van der Waals surface area contributed by atoms with E-state index < -0.39 is 36.2 Å². The third kappa shape index (κ3) is 24.8. The van der Waals surface area contributed by atoms with Gasteiger partial charge >= 0.3 is 17.9 Å². The zero-order chi connectivity index (χ0) is 24.4. The Hall–Kier alpha value is -1.13. The van der Waals surface area contributed by atoms with Crippen molar-refractivity contribution in [2.75, 3.05) is 13.2 Å². The van der Waals surface area contributed by atoms with Crippen LogP contribution in [0.5, 0.6) is 0 Å². The van der Waals surface area contributed by atoms with Crippen molar-refractivity contribution in [2.45, 2.75) is 44.1 Å². The minimum absolute atomic E-state index is 0.0918. The molecule has 0 radical (unpaired) electrons. The molecule has 0 rings (SSSR count). The van der Waals surface area contributed by atoms with Crippen LogP contribution in [0.4, 0.5) is 0 Å². The van der Waals surface area contributed by atoms with E-state index in [9.17, 15) is 14.4 Å². The summed E-state index contributed by atoms with van der Waals surface area (Å²) >= 11 is 6.06. The molecule has 0 spiro atoms. The van der Waals surface area contributed by atoms with E-state index in [-0.39, 0.29) is 23.6 Å². The van der Waals surface area contributed by atoms with Crippen molar-refractivity contribution in [3.8, 4) is 0 Å². The van der Waals surface area contributed by atoms with Gasteiger partial charge in [0.2, 0.25) is 0 Å². The smallest absolute Gasteiger partial charge is 0.335 e. The molecule has 0 fully saturated rings. The first-order valence-corrected chi connectivity index (χ1v) is 9.10. The fourth-order valence-electron chi connectivity index (χ4n) is 0.462. The van der Waals surface area contributed by atoms with Crippen LogP contribution in [0.25, 0.3) is 0 Å². The van der Waals surface area contributed by atoms with E-state index in [1.807, 2.05) is 13.8 Å². The van der Waals surface area contributed by atoms with Crippen LogP contribution in [0.15, 0.2) is 12.7 Å². The first-order valence-electron chi connectivity index (χ1n) is 7.53. The van der Waals surface area contributed by atoms with Crippen molar-refractivity contribution in [3.63, 3.8) is 0 Å². The average Bonchev–Trinajstić information content (AvgIpc) is 2.66. The Bertz CT molecular complexity index is 452. The first-order chi connectivity index (χ1) is 13.0. The van der Waals surface area contributed by atoms with E-state index in [4.69, 9.17) is 44.7 Å². The molecule has 12 nitrogen and oxygen atoms in total. The molecule has 0 aliphatic carbocycles. The Balaban J connectivity index is -0.000000151. The van der Waals surface area contributed by atoms with Gasteiger partial charge in [-0.1, -0.05) is 36.4 Å². The van der Waals surface area contributed by atoms with E-state index in [2.05, 4.69) is 38.8 Å². The number of aliphatic carboxylic acids is 3. The number of carboxylic acid groups (broad SMARTS) is 3. The minimum Gasteiger partial charge on any atom is -0.479 e. The number of carboxylic acids is 3. The number of hydrogen-bond acceptors (Lipinski definition) is 9.